The Balaban J connectivity index is 3.07. The lowest BCUT2D eigenvalue weighted by Crippen LogP contribution is -2.32. The number of nitrogens with zero attached hydrogens (tertiary/aromatic N) is 1. The predicted octanol–water partition coefficient (Wildman–Crippen LogP) is 1.73. The van der Waals surface area contributed by atoms with Gasteiger partial charge < -0.3 is 0 Å². The second-order valence-corrected chi connectivity index (χ2v) is 2.74. The molecule has 0 N–H and O–H groups in total. The van der Waals surface area contributed by atoms with Gasteiger partial charge in [0, 0.05) is 12.5 Å². The van der Waals surface area contributed by atoms with E-state index in [4.69, 9.17) is 11.6 Å². The molecule has 54 valence electrons. The standard InChI is InChI=1S/C8H11ClN/c1-3-8-5-4-7(9)6-10(8)2/h4-6H,3H2,1-2H3/q+1. The topological polar surface area (TPSA) is 3.88 Å². The largest absolute Gasteiger partial charge is 0.204 e. The summed E-state index contributed by atoms with van der Waals surface area (Å²) in [5.41, 5.74) is 1.30. The lowest BCUT2D eigenvalue weighted by molar-refractivity contribution is -0.678. The zero-order valence-corrected chi connectivity index (χ0v) is 7.02. The summed E-state index contributed by atoms with van der Waals surface area (Å²) >= 11 is 5.75. The molecule has 0 bridgehead atoms. The Labute approximate surface area is 66.3 Å². The molecule has 0 saturated heterocycles. The molecule has 0 unspecified atom stereocenters. The van der Waals surface area contributed by atoms with Crippen LogP contribution >= 0.6 is 11.6 Å². The molecule has 10 heavy (non-hydrogen) atoms. The smallest absolute Gasteiger partial charge is 0.187 e. The molecule has 0 atom stereocenters. The molecule has 1 rings (SSSR count). The fourth-order valence-corrected chi connectivity index (χ4v) is 1.18. The van der Waals surface area contributed by atoms with Gasteiger partial charge in [0.25, 0.3) is 0 Å². The van der Waals surface area contributed by atoms with Gasteiger partial charge in [0.15, 0.2) is 11.9 Å². The molecule has 1 heterocycles. The number of halogens is 1. The van der Waals surface area contributed by atoms with E-state index in [1.165, 1.54) is 5.69 Å². The van der Waals surface area contributed by atoms with Crippen molar-refractivity contribution >= 4 is 11.6 Å². The highest BCUT2D eigenvalue weighted by atomic mass is 35.5. The molecule has 0 saturated carbocycles. The summed E-state index contributed by atoms with van der Waals surface area (Å²) in [6, 6.07) is 3.96. The fraction of sp³-hybridized carbons (Fsp3) is 0.375. The van der Waals surface area contributed by atoms with Crippen LogP contribution in [0.25, 0.3) is 0 Å². The van der Waals surface area contributed by atoms with Crippen LogP contribution in [-0.2, 0) is 13.5 Å². The van der Waals surface area contributed by atoms with Crippen molar-refractivity contribution in [1.29, 1.82) is 0 Å². The highest BCUT2D eigenvalue weighted by Gasteiger charge is 2.02. The van der Waals surface area contributed by atoms with Gasteiger partial charge in [-0.15, -0.1) is 0 Å². The van der Waals surface area contributed by atoms with E-state index in [9.17, 15) is 0 Å². The van der Waals surface area contributed by atoms with Crippen LogP contribution in [0.4, 0.5) is 0 Å². The minimum Gasteiger partial charge on any atom is -0.204 e. The van der Waals surface area contributed by atoms with E-state index in [2.05, 4.69) is 6.92 Å². The maximum absolute atomic E-state index is 5.75. The number of rotatable bonds is 1. The molecule has 0 spiro atoms. The Morgan fingerprint density at radius 3 is 2.70 bits per heavy atom. The lowest BCUT2D eigenvalue weighted by Gasteiger charge is -1.94. The highest BCUT2D eigenvalue weighted by molar-refractivity contribution is 6.30. The Morgan fingerprint density at radius 1 is 1.50 bits per heavy atom. The van der Waals surface area contributed by atoms with Crippen molar-refractivity contribution in [2.75, 3.05) is 0 Å². The summed E-state index contributed by atoms with van der Waals surface area (Å²) < 4.78 is 2.04. The molecule has 2 heteroatoms. The van der Waals surface area contributed by atoms with E-state index in [0.717, 1.165) is 11.4 Å². The van der Waals surface area contributed by atoms with Crippen LogP contribution < -0.4 is 4.57 Å². The average Bonchev–Trinajstić information content (AvgIpc) is 1.88. The summed E-state index contributed by atoms with van der Waals surface area (Å²) in [5.74, 6) is 0. The Bertz CT molecular complexity index is 233. The van der Waals surface area contributed by atoms with Crippen LogP contribution in [0.15, 0.2) is 18.3 Å². The molecule has 1 aromatic heterocycles. The van der Waals surface area contributed by atoms with E-state index >= 15 is 0 Å². The van der Waals surface area contributed by atoms with Crippen molar-refractivity contribution in [1.82, 2.24) is 0 Å². The summed E-state index contributed by atoms with van der Waals surface area (Å²) in [5, 5.41) is 0.791. The molecule has 0 fully saturated rings. The molecule has 0 amide bonds. The van der Waals surface area contributed by atoms with Crippen molar-refractivity contribution in [3.63, 3.8) is 0 Å². The van der Waals surface area contributed by atoms with Gasteiger partial charge in [-0.3, -0.25) is 0 Å². The van der Waals surface area contributed by atoms with Gasteiger partial charge in [0.1, 0.15) is 12.1 Å². The van der Waals surface area contributed by atoms with Crippen LogP contribution in [-0.4, -0.2) is 0 Å². The summed E-state index contributed by atoms with van der Waals surface area (Å²) in [7, 11) is 2.00. The second kappa shape index (κ2) is 3.02. The Kier molecular flexibility index (Phi) is 2.28. The quantitative estimate of drug-likeness (QED) is 0.546. The van der Waals surface area contributed by atoms with E-state index < -0.39 is 0 Å². The number of aryl methyl sites for hydroxylation is 2. The zero-order valence-electron chi connectivity index (χ0n) is 6.26. The van der Waals surface area contributed by atoms with Crippen LogP contribution in [0.3, 0.4) is 0 Å². The molecule has 1 aromatic rings. The number of pyridine rings is 1. The first-order valence-electron chi connectivity index (χ1n) is 3.38. The summed E-state index contributed by atoms with van der Waals surface area (Å²) in [6.07, 6.45) is 2.97. The summed E-state index contributed by atoms with van der Waals surface area (Å²) in [6.45, 7) is 2.13. The third-order valence-corrected chi connectivity index (χ3v) is 1.79. The second-order valence-electron chi connectivity index (χ2n) is 2.30. The van der Waals surface area contributed by atoms with Gasteiger partial charge in [0.05, 0.1) is 0 Å². The first kappa shape index (κ1) is 7.55. The number of aromatic nitrogens is 1. The first-order chi connectivity index (χ1) is 4.74. The highest BCUT2D eigenvalue weighted by Crippen LogP contribution is 2.04. The van der Waals surface area contributed by atoms with Crippen molar-refractivity contribution in [3.05, 3.63) is 29.0 Å². The minimum absolute atomic E-state index is 0.791. The maximum atomic E-state index is 5.75. The van der Waals surface area contributed by atoms with Gasteiger partial charge in [-0.25, -0.2) is 4.57 Å². The van der Waals surface area contributed by atoms with Crippen LogP contribution in [0, 0.1) is 0 Å². The molecular formula is C8H11ClN+. The molecule has 0 aliphatic heterocycles. The van der Waals surface area contributed by atoms with Gasteiger partial charge in [-0.1, -0.05) is 18.5 Å². The Hall–Kier alpha value is -0.560. The van der Waals surface area contributed by atoms with E-state index in [0.29, 0.717) is 0 Å². The van der Waals surface area contributed by atoms with Gasteiger partial charge in [0.2, 0.25) is 0 Å². The number of hydrogen-bond acceptors (Lipinski definition) is 0. The normalized spacial score (nSPS) is 9.90. The SMILES string of the molecule is CCc1ccc(Cl)c[n+]1C. The molecule has 0 aromatic carbocycles. The minimum atomic E-state index is 0.791. The third kappa shape index (κ3) is 1.48. The van der Waals surface area contributed by atoms with E-state index in [1.807, 2.05) is 29.9 Å². The molecule has 0 aliphatic rings. The zero-order chi connectivity index (χ0) is 7.56. The van der Waals surface area contributed by atoms with Crippen LogP contribution in [0.2, 0.25) is 5.02 Å². The summed E-state index contributed by atoms with van der Waals surface area (Å²) in [4.78, 5) is 0. The Morgan fingerprint density at radius 2 is 2.20 bits per heavy atom. The number of hydrogen-bond donors (Lipinski definition) is 0. The molecule has 1 nitrogen and oxygen atoms in total. The van der Waals surface area contributed by atoms with Crippen molar-refractivity contribution < 1.29 is 4.57 Å². The van der Waals surface area contributed by atoms with Crippen LogP contribution in [0.1, 0.15) is 12.6 Å². The third-order valence-electron chi connectivity index (χ3n) is 1.57. The van der Waals surface area contributed by atoms with Crippen molar-refractivity contribution in [3.8, 4) is 0 Å². The first-order valence-corrected chi connectivity index (χ1v) is 3.76. The van der Waals surface area contributed by atoms with Gasteiger partial charge in [-0.2, -0.15) is 0 Å². The van der Waals surface area contributed by atoms with Crippen LogP contribution in [0.5, 0.6) is 0 Å². The molecule has 0 aliphatic carbocycles. The fourth-order valence-electron chi connectivity index (χ4n) is 0.972. The maximum Gasteiger partial charge on any atom is 0.187 e. The van der Waals surface area contributed by atoms with Crippen molar-refractivity contribution in [2.45, 2.75) is 13.3 Å². The van der Waals surface area contributed by atoms with E-state index in [-0.39, 0.29) is 0 Å². The van der Waals surface area contributed by atoms with Crippen molar-refractivity contribution in [2.24, 2.45) is 7.05 Å². The molecule has 0 radical (unpaired) electrons. The predicted molar refractivity (Wildman–Crippen MR) is 42.0 cm³/mol. The lowest BCUT2D eigenvalue weighted by atomic mass is 10.3. The monoisotopic (exact) mass is 156 g/mol. The van der Waals surface area contributed by atoms with E-state index in [1.54, 1.807) is 0 Å². The van der Waals surface area contributed by atoms with Gasteiger partial charge in [-0.05, 0) is 6.07 Å². The molecular weight excluding hydrogens is 146 g/mol. The van der Waals surface area contributed by atoms with Gasteiger partial charge >= 0.3 is 0 Å². The average molecular weight is 157 g/mol.